The number of rotatable bonds is 24. The maximum absolute atomic E-state index is 15.9. The molecular formula is C67H89ClF2N18O16S2. The van der Waals surface area contributed by atoms with Crippen molar-refractivity contribution in [1.29, 1.82) is 0 Å². The molecule has 10 atom stereocenters. The van der Waals surface area contributed by atoms with Crippen molar-refractivity contribution in [2.45, 2.75) is 158 Å². The van der Waals surface area contributed by atoms with Crippen LogP contribution in [-0.4, -0.2) is 207 Å². The summed E-state index contributed by atoms with van der Waals surface area (Å²) in [4.78, 5) is 204. The molecule has 13 amide bonds. The number of carboxylic acids is 1. The predicted molar refractivity (Wildman–Crippen MR) is 386 cm³/mol. The second-order valence-electron chi connectivity index (χ2n) is 25.5. The zero-order valence-electron chi connectivity index (χ0n) is 58.0. The van der Waals surface area contributed by atoms with Gasteiger partial charge in [-0.05, 0) is 97.5 Å². The lowest BCUT2D eigenvalue weighted by Crippen LogP contribution is -2.61. The van der Waals surface area contributed by atoms with Gasteiger partial charge in [0.25, 0.3) is 0 Å². The van der Waals surface area contributed by atoms with Gasteiger partial charge < -0.3 is 102 Å². The summed E-state index contributed by atoms with van der Waals surface area (Å²) in [5.41, 5.74) is 28.9. The molecule has 0 spiro atoms. The lowest BCUT2D eigenvalue weighted by Gasteiger charge is -2.29. The van der Waals surface area contributed by atoms with E-state index in [4.69, 9.17) is 40.3 Å². The first kappa shape index (κ1) is 84.6. The van der Waals surface area contributed by atoms with E-state index in [9.17, 15) is 76.9 Å². The van der Waals surface area contributed by atoms with E-state index in [1.165, 1.54) is 73.5 Å². The van der Waals surface area contributed by atoms with Gasteiger partial charge in [-0.2, -0.15) is 0 Å². The molecule has 0 radical (unpaired) electrons. The number of primary amides is 2. The minimum atomic E-state index is -1.82. The van der Waals surface area contributed by atoms with Crippen molar-refractivity contribution in [3.63, 3.8) is 0 Å². The number of nitrogens with two attached hydrogens (primary N) is 5. The molecular weight excluding hydrogens is 1450 g/mol. The number of halogens is 3. The maximum Gasteiger partial charge on any atom is 0.303 e. The molecule has 2 aliphatic heterocycles. The Labute approximate surface area is 620 Å². The molecule has 576 valence electrons. The third-order valence-electron chi connectivity index (χ3n) is 17.1. The number of phenolic OH excluding ortho intramolecular Hbond substituents is 1. The minimum Gasteiger partial charge on any atom is -0.508 e. The molecule has 34 nitrogen and oxygen atoms in total. The largest absolute Gasteiger partial charge is 0.508 e. The van der Waals surface area contributed by atoms with Crippen molar-refractivity contribution in [3.05, 3.63) is 100 Å². The highest BCUT2D eigenvalue weighted by Crippen LogP contribution is 2.26. The number of carbonyl (C=O) groups is 14. The monoisotopic (exact) mass is 1540 g/mol. The van der Waals surface area contributed by atoms with Gasteiger partial charge in [-0.25, -0.2) is 8.78 Å². The van der Waals surface area contributed by atoms with Crippen molar-refractivity contribution in [2.24, 2.45) is 39.6 Å². The summed E-state index contributed by atoms with van der Waals surface area (Å²) < 4.78 is 30.6. The molecule has 106 heavy (non-hydrogen) atoms. The third-order valence-corrected chi connectivity index (χ3v) is 19.8. The van der Waals surface area contributed by atoms with Gasteiger partial charge in [-0.3, -0.25) is 72.1 Å². The first-order valence-corrected chi connectivity index (χ1v) is 36.7. The number of aromatic hydroxyl groups is 1. The van der Waals surface area contributed by atoms with Crippen LogP contribution in [0.1, 0.15) is 94.7 Å². The molecule has 0 bridgehead atoms. The molecule has 2 saturated heterocycles. The second-order valence-corrected chi connectivity index (χ2v) is 28.4. The van der Waals surface area contributed by atoms with E-state index in [1.54, 1.807) is 0 Å². The fourth-order valence-electron chi connectivity index (χ4n) is 11.4. The van der Waals surface area contributed by atoms with E-state index in [1.807, 2.05) is 0 Å². The number of aromatic nitrogens is 1. The van der Waals surface area contributed by atoms with Gasteiger partial charge in [0.05, 0.1) is 5.02 Å². The number of phenols is 1. The fourth-order valence-corrected chi connectivity index (χ4v) is 13.9. The van der Waals surface area contributed by atoms with Gasteiger partial charge in [-0.15, -0.1) is 0 Å². The van der Waals surface area contributed by atoms with Gasteiger partial charge in [0.15, 0.2) is 5.96 Å². The van der Waals surface area contributed by atoms with E-state index in [-0.39, 0.29) is 85.0 Å². The van der Waals surface area contributed by atoms with Crippen LogP contribution < -0.4 is 81.8 Å². The van der Waals surface area contributed by atoms with E-state index in [0.29, 0.717) is 17.5 Å². The zero-order valence-corrected chi connectivity index (χ0v) is 60.4. The van der Waals surface area contributed by atoms with Crippen LogP contribution in [0.2, 0.25) is 5.02 Å². The Morgan fingerprint density at radius 2 is 1.34 bits per heavy atom. The smallest absolute Gasteiger partial charge is 0.303 e. The SMILES string of the molecule is CC(C)[C@@H]1NC(=O)[C@@H](NC(=O)[C@H](Cc2ccc(O)cc2)NC(=O)[C@@H]2CCCN2C(=O)CCN)CSSC[C@@H](C(N)=O)NC(=O)[C@H](CCC(=O)O)NC(=O)[C@H](Cc2c[nH]c3ccc(F)cc23)NC(=O)[C@@H](CCC(N)=O)NC(=O)CCNC(=O)[C@H](CCCN=C(N)N)NC(=O)[C@H](Cc2cccc(Cl)c2F)NC1=O. The van der Waals surface area contributed by atoms with Crippen LogP contribution in [0.25, 0.3) is 10.9 Å². The molecule has 3 heterocycles. The van der Waals surface area contributed by atoms with E-state index < -0.39 is 224 Å². The number of aliphatic imine (C=N–C) groups is 1. The fraction of sp³-hybridized carbons (Fsp3) is 0.478. The first-order chi connectivity index (χ1) is 50.3. The van der Waals surface area contributed by atoms with Gasteiger partial charge in [0, 0.05) is 99.7 Å². The van der Waals surface area contributed by atoms with Crippen LogP contribution in [0, 0.1) is 17.6 Å². The Morgan fingerprint density at radius 3 is 1.99 bits per heavy atom. The van der Waals surface area contributed by atoms with Crippen LogP contribution in [0.4, 0.5) is 8.78 Å². The number of carboxylic acid groups (broad SMARTS) is 1. The number of benzene rings is 3. The standard InChI is InChI=1S/C67H89ClF2N18O16S2/c1-33(2)56-66(104)84-46(27-35-6-3-7-40(68)55(35)70)62(100)80-42(8-4-23-77-67(74)75)58(96)76-24-21-52(91)79-43(16-18-51(72)90)59(97)82-47(28-36-30-78-41-15-12-37(69)29-39(36)41)63(101)81-44(17-19-54(93)94)60(98)85-48(57(73)95)31-105-106-32-49(64(102)87-56)86-61(99)45(26-34-10-13-38(89)14-11-34)83-65(103)50-9-5-25-88(50)53(92)20-22-71/h3,6-7,10-15,29-30,33,42-50,56,78,89H,4-5,8-9,16-28,31-32,71H2,1-2H3,(H2,72,90)(H2,73,95)(H,76,96)(H,79,91)(H,80,100)(H,81,101)(H,82,97)(H,83,103)(H,84,104)(H,85,98)(H,86,99)(H,87,102)(H,93,94)(H4,74,75,77)/t42-,43+,44-,45-,46-,47-,48-,49-,50-,56-/m0/s1. The number of fused-ring (bicyclic) bond motifs is 1. The lowest BCUT2D eigenvalue weighted by atomic mass is 9.99. The Balaban J connectivity index is 1.43. The van der Waals surface area contributed by atoms with Crippen LogP contribution in [-0.2, 0) is 86.4 Å². The zero-order chi connectivity index (χ0) is 77.9. The number of aromatic amines is 1. The number of amides is 13. The normalized spacial score (nSPS) is 22.0. The molecule has 23 N–H and O–H groups in total. The molecule has 0 aliphatic carbocycles. The molecule has 0 saturated carbocycles. The van der Waals surface area contributed by atoms with Crippen molar-refractivity contribution in [3.8, 4) is 5.75 Å². The van der Waals surface area contributed by atoms with Crippen LogP contribution in [0.15, 0.2) is 71.9 Å². The number of nitrogens with one attached hydrogen (secondary N) is 11. The van der Waals surface area contributed by atoms with Gasteiger partial charge >= 0.3 is 5.97 Å². The van der Waals surface area contributed by atoms with Crippen molar-refractivity contribution in [2.75, 3.05) is 37.7 Å². The Hall–Kier alpha value is -10.3. The Bertz CT molecular complexity index is 3890. The topological polar surface area (TPSA) is 561 Å². The lowest BCUT2D eigenvalue weighted by molar-refractivity contribution is -0.139. The number of aliphatic carboxylic acids is 1. The molecule has 0 unspecified atom stereocenters. The molecule has 1 aromatic heterocycles. The highest BCUT2D eigenvalue weighted by atomic mass is 35.5. The first-order valence-electron chi connectivity index (χ1n) is 33.9. The molecule has 2 fully saturated rings. The van der Waals surface area contributed by atoms with E-state index in [0.717, 1.165) is 33.7 Å². The summed E-state index contributed by atoms with van der Waals surface area (Å²) >= 11 is 6.18. The number of hydrogen-bond acceptors (Lipinski definition) is 19. The quantitative estimate of drug-likeness (QED) is 0.0153. The van der Waals surface area contributed by atoms with Crippen molar-refractivity contribution in [1.82, 2.24) is 63.1 Å². The molecule has 39 heteroatoms. The van der Waals surface area contributed by atoms with Crippen molar-refractivity contribution >= 4 is 133 Å². The second kappa shape index (κ2) is 41.4. The summed E-state index contributed by atoms with van der Waals surface area (Å²) in [5, 5.41) is 45.2. The number of hydrogen-bond donors (Lipinski definition) is 18. The highest BCUT2D eigenvalue weighted by Gasteiger charge is 2.39. The summed E-state index contributed by atoms with van der Waals surface area (Å²) in [6.45, 7) is 2.61. The van der Waals surface area contributed by atoms with Gasteiger partial charge in [0.1, 0.15) is 77.8 Å². The van der Waals surface area contributed by atoms with Crippen molar-refractivity contribution < 1.29 is 86.1 Å². The third kappa shape index (κ3) is 26.4. The Kier molecular flexibility index (Phi) is 33.0. The minimum absolute atomic E-state index is 0.0117. The predicted octanol–water partition coefficient (Wildman–Crippen LogP) is -2.24. The summed E-state index contributed by atoms with van der Waals surface area (Å²) in [5.74, 6) is -18.2. The van der Waals surface area contributed by atoms with Crippen LogP contribution in [0.5, 0.6) is 5.75 Å². The van der Waals surface area contributed by atoms with E-state index >= 15 is 9.18 Å². The molecule has 3 aromatic carbocycles. The maximum atomic E-state index is 15.9. The van der Waals surface area contributed by atoms with Gasteiger partial charge in [0.2, 0.25) is 76.8 Å². The highest BCUT2D eigenvalue weighted by molar-refractivity contribution is 8.76. The average molecular weight is 1540 g/mol. The number of H-pyrrole nitrogens is 1. The molecule has 6 rings (SSSR count). The molecule has 4 aromatic rings. The molecule has 2 aliphatic rings. The van der Waals surface area contributed by atoms with Gasteiger partial charge in [-0.1, -0.05) is 71.3 Å². The van der Waals surface area contributed by atoms with E-state index in [2.05, 4.69) is 63.1 Å². The summed E-state index contributed by atoms with van der Waals surface area (Å²) in [6.07, 6.45) is -2.67. The Morgan fingerprint density at radius 1 is 0.717 bits per heavy atom. The van der Waals surface area contributed by atoms with Crippen LogP contribution >= 0.6 is 33.2 Å². The summed E-state index contributed by atoms with van der Waals surface area (Å²) in [6, 6.07) is -3.06. The summed E-state index contributed by atoms with van der Waals surface area (Å²) in [7, 11) is 1.59. The number of nitrogens with zero attached hydrogens (tertiary/aromatic N) is 2. The number of likely N-dealkylation sites (tertiary alicyclic amines) is 1. The number of guanidine groups is 1. The average Bonchev–Trinajstić information content (AvgIpc) is 1.62. The van der Waals surface area contributed by atoms with Crippen LogP contribution in [0.3, 0.4) is 0 Å². The number of carbonyl (C=O) groups excluding carboxylic acids is 13.